The highest BCUT2D eigenvalue weighted by Crippen LogP contribution is 2.38. The van der Waals surface area contributed by atoms with Crippen molar-refractivity contribution < 1.29 is 0 Å². The van der Waals surface area contributed by atoms with E-state index in [0.717, 1.165) is 23.8 Å². The number of hydrogen-bond donors (Lipinski definition) is 1. The maximum absolute atomic E-state index is 4.03. The fourth-order valence-corrected chi connectivity index (χ4v) is 6.01. The van der Waals surface area contributed by atoms with E-state index in [1.54, 1.807) is 0 Å². The van der Waals surface area contributed by atoms with Gasteiger partial charge in [0.05, 0.1) is 0 Å². The summed E-state index contributed by atoms with van der Waals surface area (Å²) in [6.07, 6.45) is 16.4. The van der Waals surface area contributed by atoms with E-state index in [1.165, 1.54) is 88.7 Å². The molecule has 2 unspecified atom stereocenters. The Labute approximate surface area is 130 Å². The molecule has 1 aliphatic heterocycles. The van der Waals surface area contributed by atoms with E-state index >= 15 is 0 Å². The van der Waals surface area contributed by atoms with Crippen LogP contribution in [0.2, 0.25) is 0 Å². The zero-order valence-corrected chi connectivity index (χ0v) is 13.9. The van der Waals surface area contributed by atoms with Gasteiger partial charge in [-0.2, -0.15) is 11.8 Å². The molecule has 0 aromatic heterocycles. The highest BCUT2D eigenvalue weighted by Gasteiger charge is 2.32. The van der Waals surface area contributed by atoms with Crippen molar-refractivity contribution in [2.45, 2.75) is 76.7 Å². The van der Waals surface area contributed by atoms with Gasteiger partial charge in [0.25, 0.3) is 0 Å². The molecule has 1 heterocycles. The van der Waals surface area contributed by atoms with Gasteiger partial charge in [-0.1, -0.05) is 44.9 Å². The van der Waals surface area contributed by atoms with Gasteiger partial charge in [0, 0.05) is 6.04 Å². The first kappa shape index (κ1) is 15.2. The Morgan fingerprint density at radius 1 is 0.750 bits per heavy atom. The van der Waals surface area contributed by atoms with Crippen LogP contribution >= 0.6 is 11.8 Å². The number of rotatable bonds is 4. The van der Waals surface area contributed by atoms with Gasteiger partial charge in [0.1, 0.15) is 0 Å². The van der Waals surface area contributed by atoms with Gasteiger partial charge in [-0.25, -0.2) is 0 Å². The van der Waals surface area contributed by atoms with Gasteiger partial charge in [-0.3, -0.25) is 0 Å². The van der Waals surface area contributed by atoms with E-state index in [1.807, 2.05) is 0 Å². The Morgan fingerprint density at radius 2 is 1.45 bits per heavy atom. The Hall–Kier alpha value is 0.310. The normalized spacial score (nSPS) is 34.2. The smallest absolute Gasteiger partial charge is 0.00980 e. The molecule has 2 atom stereocenters. The molecule has 0 amide bonds. The summed E-state index contributed by atoms with van der Waals surface area (Å²) < 4.78 is 0. The van der Waals surface area contributed by atoms with Gasteiger partial charge in [0.2, 0.25) is 0 Å². The topological polar surface area (TPSA) is 12.0 Å². The van der Waals surface area contributed by atoms with E-state index in [4.69, 9.17) is 0 Å². The molecule has 116 valence electrons. The molecule has 20 heavy (non-hydrogen) atoms. The lowest BCUT2D eigenvalue weighted by molar-refractivity contribution is 0.146. The van der Waals surface area contributed by atoms with Crippen molar-refractivity contribution in [2.75, 3.05) is 18.1 Å². The van der Waals surface area contributed by atoms with E-state index in [2.05, 4.69) is 17.1 Å². The minimum Gasteiger partial charge on any atom is -0.313 e. The molecule has 3 aliphatic rings. The van der Waals surface area contributed by atoms with Crippen molar-refractivity contribution in [1.29, 1.82) is 0 Å². The number of hydrogen-bond acceptors (Lipinski definition) is 2. The summed E-state index contributed by atoms with van der Waals surface area (Å²) in [5.41, 5.74) is 0. The van der Waals surface area contributed by atoms with Crippen LogP contribution in [0.15, 0.2) is 0 Å². The third-order valence-corrected chi connectivity index (χ3v) is 7.13. The second kappa shape index (κ2) is 8.08. The van der Waals surface area contributed by atoms with Crippen LogP contribution in [0.5, 0.6) is 0 Å². The summed E-state index contributed by atoms with van der Waals surface area (Å²) >= 11 is 2.16. The zero-order valence-electron chi connectivity index (χ0n) is 13.1. The lowest BCUT2D eigenvalue weighted by Crippen LogP contribution is -2.44. The number of thioether (sulfide) groups is 1. The Balaban J connectivity index is 1.49. The second-order valence-electron chi connectivity index (χ2n) is 7.42. The molecule has 1 saturated heterocycles. The summed E-state index contributed by atoms with van der Waals surface area (Å²) in [6.45, 7) is 1.31. The van der Waals surface area contributed by atoms with Crippen LogP contribution in [0.4, 0.5) is 0 Å². The Bertz CT molecular complexity index is 269. The summed E-state index contributed by atoms with van der Waals surface area (Å²) in [5.74, 6) is 5.86. The maximum atomic E-state index is 4.03. The first-order valence-electron chi connectivity index (χ1n) is 9.24. The Kier molecular flexibility index (Phi) is 6.15. The minimum atomic E-state index is 0.862. The summed E-state index contributed by atoms with van der Waals surface area (Å²) in [4.78, 5) is 0. The molecular formula is C18H33NS. The van der Waals surface area contributed by atoms with E-state index in [-0.39, 0.29) is 0 Å². The highest BCUT2D eigenvalue weighted by atomic mass is 32.2. The van der Waals surface area contributed by atoms with Gasteiger partial charge in [-0.15, -0.1) is 0 Å². The molecule has 3 rings (SSSR count). The predicted octanol–water partition coefficient (Wildman–Crippen LogP) is 4.86. The van der Waals surface area contributed by atoms with Crippen molar-refractivity contribution in [2.24, 2.45) is 17.8 Å². The molecule has 0 bridgehead atoms. The lowest BCUT2D eigenvalue weighted by Gasteiger charge is -2.40. The quantitative estimate of drug-likeness (QED) is 0.795. The minimum absolute atomic E-state index is 0.862. The standard InChI is InChI=1S/C18H33NS/c1-2-6-16(7-3-1)17-8-4-5-9-18(17)19-14-15-10-12-20-13-11-15/h15-19H,1-14H2. The van der Waals surface area contributed by atoms with E-state index in [9.17, 15) is 0 Å². The highest BCUT2D eigenvalue weighted by molar-refractivity contribution is 7.99. The lowest BCUT2D eigenvalue weighted by atomic mass is 9.71. The summed E-state index contributed by atoms with van der Waals surface area (Å²) in [6, 6.07) is 0.862. The molecule has 0 spiro atoms. The van der Waals surface area contributed by atoms with Crippen LogP contribution in [0.25, 0.3) is 0 Å². The average Bonchev–Trinajstić information content (AvgIpc) is 2.55. The van der Waals surface area contributed by atoms with Gasteiger partial charge < -0.3 is 5.32 Å². The average molecular weight is 296 g/mol. The first-order chi connectivity index (χ1) is 9.93. The van der Waals surface area contributed by atoms with Crippen LogP contribution in [0.1, 0.15) is 70.6 Å². The summed E-state index contributed by atoms with van der Waals surface area (Å²) in [7, 11) is 0. The van der Waals surface area contributed by atoms with Gasteiger partial charge in [0.15, 0.2) is 0 Å². The number of nitrogens with one attached hydrogen (secondary N) is 1. The maximum Gasteiger partial charge on any atom is 0.00980 e. The molecule has 0 aromatic rings. The van der Waals surface area contributed by atoms with Crippen molar-refractivity contribution >= 4 is 11.8 Å². The fourth-order valence-electron chi connectivity index (χ4n) is 4.81. The van der Waals surface area contributed by atoms with Crippen molar-refractivity contribution in [3.8, 4) is 0 Å². The molecular weight excluding hydrogens is 262 g/mol. The fraction of sp³-hybridized carbons (Fsp3) is 1.00. The van der Waals surface area contributed by atoms with Crippen LogP contribution in [0, 0.1) is 17.8 Å². The van der Waals surface area contributed by atoms with Crippen molar-refractivity contribution in [3.63, 3.8) is 0 Å². The van der Waals surface area contributed by atoms with Gasteiger partial charge >= 0.3 is 0 Å². The third kappa shape index (κ3) is 4.16. The van der Waals surface area contributed by atoms with Crippen LogP contribution in [-0.2, 0) is 0 Å². The van der Waals surface area contributed by atoms with Crippen LogP contribution in [-0.4, -0.2) is 24.1 Å². The molecule has 2 saturated carbocycles. The molecule has 0 aromatic carbocycles. The van der Waals surface area contributed by atoms with Crippen LogP contribution < -0.4 is 5.32 Å². The second-order valence-corrected chi connectivity index (χ2v) is 8.64. The molecule has 0 radical (unpaired) electrons. The first-order valence-corrected chi connectivity index (χ1v) is 10.4. The Morgan fingerprint density at radius 3 is 2.25 bits per heavy atom. The SMILES string of the molecule is C1CCC(C2CCCCC2NCC2CCSCC2)CC1. The summed E-state index contributed by atoms with van der Waals surface area (Å²) in [5, 5.41) is 4.03. The van der Waals surface area contributed by atoms with E-state index in [0.29, 0.717) is 0 Å². The molecule has 1 nitrogen and oxygen atoms in total. The van der Waals surface area contributed by atoms with E-state index < -0.39 is 0 Å². The van der Waals surface area contributed by atoms with Gasteiger partial charge in [-0.05, 0) is 61.5 Å². The molecule has 3 fully saturated rings. The zero-order chi connectivity index (χ0) is 13.6. The molecule has 2 heteroatoms. The molecule has 1 N–H and O–H groups in total. The van der Waals surface area contributed by atoms with Crippen LogP contribution in [0.3, 0.4) is 0 Å². The largest absolute Gasteiger partial charge is 0.313 e. The third-order valence-electron chi connectivity index (χ3n) is 6.08. The predicted molar refractivity (Wildman–Crippen MR) is 90.4 cm³/mol. The molecule has 2 aliphatic carbocycles. The van der Waals surface area contributed by atoms with Crippen molar-refractivity contribution in [3.05, 3.63) is 0 Å². The monoisotopic (exact) mass is 295 g/mol. The van der Waals surface area contributed by atoms with Crippen molar-refractivity contribution in [1.82, 2.24) is 5.32 Å².